The van der Waals surface area contributed by atoms with Crippen LogP contribution in [0.1, 0.15) is 47.5 Å². The van der Waals surface area contributed by atoms with E-state index in [-0.39, 0.29) is 5.91 Å². The molecule has 1 aromatic heterocycles. The molecule has 0 aliphatic heterocycles. The smallest absolute Gasteiger partial charge is 0.250 e. The number of amides is 2. The van der Waals surface area contributed by atoms with Crippen LogP contribution >= 0.6 is 11.3 Å². The molecule has 2 rings (SSSR count). The molecule has 0 aliphatic carbocycles. The molecule has 2 aromatic rings. The SMILES string of the molecule is CC(=O)Nc1cccc(C)c1-c1sc(C(C)C)cc1C(N)=O. The molecule has 0 atom stereocenters. The number of hydrogen-bond acceptors (Lipinski definition) is 3. The van der Waals surface area contributed by atoms with Crippen LogP contribution in [0.4, 0.5) is 5.69 Å². The minimum Gasteiger partial charge on any atom is -0.366 e. The van der Waals surface area contributed by atoms with E-state index in [4.69, 9.17) is 5.73 Å². The molecule has 2 amide bonds. The normalized spacial score (nSPS) is 10.8. The predicted molar refractivity (Wildman–Crippen MR) is 91.4 cm³/mol. The molecule has 0 bridgehead atoms. The highest BCUT2D eigenvalue weighted by Crippen LogP contribution is 2.41. The van der Waals surface area contributed by atoms with Crippen LogP contribution in [0, 0.1) is 6.92 Å². The van der Waals surface area contributed by atoms with E-state index < -0.39 is 5.91 Å². The first kappa shape index (κ1) is 16.2. The summed E-state index contributed by atoms with van der Waals surface area (Å²) < 4.78 is 0. The van der Waals surface area contributed by atoms with Gasteiger partial charge in [-0.25, -0.2) is 0 Å². The second-order valence-corrected chi connectivity index (χ2v) is 6.67. The van der Waals surface area contributed by atoms with Crippen molar-refractivity contribution in [2.24, 2.45) is 5.73 Å². The van der Waals surface area contributed by atoms with Crippen molar-refractivity contribution in [2.45, 2.75) is 33.6 Å². The molecule has 0 fully saturated rings. The molecule has 1 aromatic carbocycles. The number of carbonyl (C=O) groups excluding carboxylic acids is 2. The molecule has 0 saturated carbocycles. The lowest BCUT2D eigenvalue weighted by Gasteiger charge is -2.12. The van der Waals surface area contributed by atoms with Crippen molar-refractivity contribution in [3.63, 3.8) is 0 Å². The van der Waals surface area contributed by atoms with E-state index >= 15 is 0 Å². The Hall–Kier alpha value is -2.14. The molecule has 3 N–H and O–H groups in total. The average molecular weight is 316 g/mol. The van der Waals surface area contributed by atoms with Gasteiger partial charge in [0.15, 0.2) is 0 Å². The van der Waals surface area contributed by atoms with Gasteiger partial charge in [-0.2, -0.15) is 0 Å². The van der Waals surface area contributed by atoms with Crippen LogP contribution in [0.2, 0.25) is 0 Å². The summed E-state index contributed by atoms with van der Waals surface area (Å²) in [6.45, 7) is 7.58. The third-order valence-electron chi connectivity index (χ3n) is 3.40. The first-order valence-corrected chi connectivity index (χ1v) is 7.94. The third-order valence-corrected chi connectivity index (χ3v) is 4.85. The summed E-state index contributed by atoms with van der Waals surface area (Å²) >= 11 is 1.55. The minimum atomic E-state index is -0.449. The number of rotatable bonds is 4. The number of hydrogen-bond donors (Lipinski definition) is 2. The highest BCUT2D eigenvalue weighted by atomic mass is 32.1. The number of nitrogens with one attached hydrogen (secondary N) is 1. The van der Waals surface area contributed by atoms with Crippen molar-refractivity contribution in [1.29, 1.82) is 0 Å². The summed E-state index contributed by atoms with van der Waals surface area (Å²) in [7, 11) is 0. The number of aryl methyl sites for hydroxylation is 1. The fourth-order valence-corrected chi connectivity index (χ4v) is 3.62. The van der Waals surface area contributed by atoms with E-state index in [1.807, 2.05) is 31.2 Å². The number of carbonyl (C=O) groups is 2. The van der Waals surface area contributed by atoms with Crippen molar-refractivity contribution < 1.29 is 9.59 Å². The summed E-state index contributed by atoms with van der Waals surface area (Å²) in [6, 6.07) is 7.53. The molecule has 1 heterocycles. The van der Waals surface area contributed by atoms with E-state index in [0.717, 1.165) is 20.9 Å². The Balaban J connectivity index is 2.70. The van der Waals surface area contributed by atoms with Gasteiger partial charge < -0.3 is 11.1 Å². The van der Waals surface area contributed by atoms with Crippen LogP contribution in [-0.2, 0) is 4.79 Å². The second-order valence-electron chi connectivity index (χ2n) is 5.59. The monoisotopic (exact) mass is 316 g/mol. The Kier molecular flexibility index (Phi) is 4.66. The molecule has 0 saturated heterocycles. The molecule has 22 heavy (non-hydrogen) atoms. The van der Waals surface area contributed by atoms with E-state index in [1.165, 1.54) is 6.92 Å². The van der Waals surface area contributed by atoms with Crippen LogP contribution in [0.15, 0.2) is 24.3 Å². The maximum absolute atomic E-state index is 11.8. The number of benzene rings is 1. The van der Waals surface area contributed by atoms with Gasteiger partial charge >= 0.3 is 0 Å². The zero-order valence-electron chi connectivity index (χ0n) is 13.2. The van der Waals surface area contributed by atoms with Gasteiger partial charge in [0.05, 0.1) is 5.56 Å². The highest BCUT2D eigenvalue weighted by Gasteiger charge is 2.20. The fraction of sp³-hybridized carbons (Fsp3) is 0.294. The second kappa shape index (κ2) is 6.32. The summed E-state index contributed by atoms with van der Waals surface area (Å²) in [6.07, 6.45) is 0. The molecule has 5 heteroatoms. The largest absolute Gasteiger partial charge is 0.366 e. The van der Waals surface area contributed by atoms with Gasteiger partial charge in [-0.1, -0.05) is 26.0 Å². The maximum atomic E-state index is 11.8. The van der Waals surface area contributed by atoms with Gasteiger partial charge in [0.2, 0.25) is 11.8 Å². The number of primary amides is 1. The Morgan fingerprint density at radius 2 is 1.95 bits per heavy atom. The van der Waals surface area contributed by atoms with Gasteiger partial charge in [0.1, 0.15) is 0 Å². The van der Waals surface area contributed by atoms with Crippen LogP contribution in [-0.4, -0.2) is 11.8 Å². The minimum absolute atomic E-state index is 0.145. The first-order valence-electron chi connectivity index (χ1n) is 7.12. The predicted octanol–water partition coefficient (Wildman–Crippen LogP) is 3.90. The van der Waals surface area contributed by atoms with E-state index in [2.05, 4.69) is 19.2 Å². The van der Waals surface area contributed by atoms with Gasteiger partial charge in [-0.3, -0.25) is 9.59 Å². The quantitative estimate of drug-likeness (QED) is 0.897. The lowest BCUT2D eigenvalue weighted by atomic mass is 10.0. The molecule has 0 aliphatic rings. The lowest BCUT2D eigenvalue weighted by molar-refractivity contribution is -0.114. The van der Waals surface area contributed by atoms with Gasteiger partial charge in [-0.05, 0) is 30.5 Å². The number of thiophene rings is 1. The van der Waals surface area contributed by atoms with Crippen molar-refractivity contribution in [2.75, 3.05) is 5.32 Å². The van der Waals surface area contributed by atoms with Crippen LogP contribution in [0.5, 0.6) is 0 Å². The molecular formula is C17H20N2O2S. The highest BCUT2D eigenvalue weighted by molar-refractivity contribution is 7.16. The molecule has 0 unspecified atom stereocenters. The zero-order chi connectivity index (χ0) is 16.4. The molecule has 4 nitrogen and oxygen atoms in total. The molecular weight excluding hydrogens is 296 g/mol. The Bertz CT molecular complexity index is 732. The van der Waals surface area contributed by atoms with Crippen LogP contribution in [0.3, 0.4) is 0 Å². The summed E-state index contributed by atoms with van der Waals surface area (Å²) in [4.78, 5) is 25.2. The first-order chi connectivity index (χ1) is 10.3. The van der Waals surface area contributed by atoms with Crippen molar-refractivity contribution >= 4 is 28.8 Å². The Morgan fingerprint density at radius 3 is 2.50 bits per heavy atom. The van der Waals surface area contributed by atoms with Crippen molar-refractivity contribution in [3.8, 4) is 10.4 Å². The molecule has 116 valence electrons. The van der Waals surface area contributed by atoms with Crippen LogP contribution < -0.4 is 11.1 Å². The van der Waals surface area contributed by atoms with E-state index in [1.54, 1.807) is 11.3 Å². The standard InChI is InChI=1S/C17H20N2O2S/c1-9(2)14-8-12(17(18)21)16(22-14)15-10(3)6-5-7-13(15)19-11(4)20/h5-9H,1-4H3,(H2,18,21)(H,19,20). The van der Waals surface area contributed by atoms with E-state index in [0.29, 0.717) is 17.2 Å². The fourth-order valence-electron chi connectivity index (χ4n) is 2.33. The number of anilines is 1. The van der Waals surface area contributed by atoms with Gasteiger partial charge in [-0.15, -0.1) is 11.3 Å². The van der Waals surface area contributed by atoms with E-state index in [9.17, 15) is 9.59 Å². The Morgan fingerprint density at radius 1 is 1.27 bits per heavy atom. The lowest BCUT2D eigenvalue weighted by Crippen LogP contribution is -2.12. The summed E-state index contributed by atoms with van der Waals surface area (Å²) in [5, 5.41) is 2.83. The average Bonchev–Trinajstić information content (AvgIpc) is 2.83. The van der Waals surface area contributed by atoms with Gasteiger partial charge in [0, 0.05) is 27.9 Å². The van der Waals surface area contributed by atoms with Gasteiger partial charge in [0.25, 0.3) is 0 Å². The van der Waals surface area contributed by atoms with Crippen molar-refractivity contribution in [1.82, 2.24) is 0 Å². The van der Waals surface area contributed by atoms with Crippen molar-refractivity contribution in [3.05, 3.63) is 40.3 Å². The zero-order valence-corrected chi connectivity index (χ0v) is 14.0. The Labute approximate surface area is 134 Å². The summed E-state index contributed by atoms with van der Waals surface area (Å²) in [5.41, 5.74) is 8.61. The summed E-state index contributed by atoms with van der Waals surface area (Å²) in [5.74, 6) is -0.284. The maximum Gasteiger partial charge on any atom is 0.250 e. The molecule has 0 radical (unpaired) electrons. The molecule has 0 spiro atoms. The number of nitrogens with two attached hydrogens (primary N) is 1. The van der Waals surface area contributed by atoms with Crippen LogP contribution in [0.25, 0.3) is 10.4 Å². The topological polar surface area (TPSA) is 72.2 Å². The third kappa shape index (κ3) is 3.20.